The molecule has 0 bridgehead atoms. The van der Waals surface area contributed by atoms with Gasteiger partial charge in [0.05, 0.1) is 0 Å². The smallest absolute Gasteiger partial charge is 0.191 e. The molecule has 1 heterocycles. The van der Waals surface area contributed by atoms with Crippen molar-refractivity contribution in [3.8, 4) is 0 Å². The Morgan fingerprint density at radius 1 is 1.03 bits per heavy atom. The highest BCUT2D eigenvalue weighted by molar-refractivity contribution is 7.84. The summed E-state index contributed by atoms with van der Waals surface area (Å²) in [4.78, 5) is 6.84. The number of benzene rings is 2. The second-order valence-corrected chi connectivity index (χ2v) is 9.03. The normalized spacial score (nSPS) is 17.1. The number of piperidine rings is 1. The van der Waals surface area contributed by atoms with Crippen molar-refractivity contribution in [2.45, 2.75) is 31.2 Å². The number of aliphatic imine (C=N–C) groups is 1. The van der Waals surface area contributed by atoms with Crippen LogP contribution >= 0.6 is 0 Å². The Balaban J connectivity index is 1.33. The lowest BCUT2D eigenvalue weighted by Gasteiger charge is -2.33. The molecule has 0 radical (unpaired) electrons. The molecular formula is C23H32N4OS. The van der Waals surface area contributed by atoms with Gasteiger partial charge in [-0.15, -0.1) is 0 Å². The first-order valence-electron chi connectivity index (χ1n) is 10.4. The van der Waals surface area contributed by atoms with Crippen LogP contribution in [0.15, 0.2) is 65.7 Å². The predicted octanol–water partition coefficient (Wildman–Crippen LogP) is 2.76. The van der Waals surface area contributed by atoms with Gasteiger partial charge in [-0.25, -0.2) is 0 Å². The van der Waals surface area contributed by atoms with E-state index in [9.17, 15) is 4.21 Å². The van der Waals surface area contributed by atoms with Crippen molar-refractivity contribution >= 4 is 16.8 Å². The van der Waals surface area contributed by atoms with Gasteiger partial charge < -0.3 is 10.6 Å². The van der Waals surface area contributed by atoms with Gasteiger partial charge in [0.25, 0.3) is 0 Å². The van der Waals surface area contributed by atoms with Gasteiger partial charge in [-0.2, -0.15) is 0 Å². The molecule has 2 aromatic carbocycles. The molecule has 0 amide bonds. The van der Waals surface area contributed by atoms with Crippen molar-refractivity contribution in [2.75, 3.05) is 32.4 Å². The quantitative estimate of drug-likeness (QED) is 0.517. The molecule has 0 aromatic heterocycles. The molecule has 1 aliphatic rings. The standard InChI is InChI=1S/C23H32N4OS/c1-24-23(25-14-17-29(28)19-21-10-6-3-7-11-21)26-22-12-15-27(16-13-22)18-20-8-4-2-5-9-20/h2-11,22H,12-19H2,1H3,(H2,24,25,26). The number of likely N-dealkylation sites (tertiary alicyclic amines) is 1. The van der Waals surface area contributed by atoms with Gasteiger partial charge in [0.2, 0.25) is 0 Å². The Morgan fingerprint density at radius 3 is 2.28 bits per heavy atom. The molecule has 5 nitrogen and oxygen atoms in total. The first-order chi connectivity index (χ1) is 14.2. The predicted molar refractivity (Wildman–Crippen MR) is 122 cm³/mol. The minimum absolute atomic E-state index is 0.433. The maximum absolute atomic E-state index is 12.3. The summed E-state index contributed by atoms with van der Waals surface area (Å²) in [5.41, 5.74) is 2.50. The van der Waals surface area contributed by atoms with E-state index in [-0.39, 0.29) is 0 Å². The van der Waals surface area contributed by atoms with E-state index in [4.69, 9.17) is 0 Å². The van der Waals surface area contributed by atoms with Crippen LogP contribution in [0, 0.1) is 0 Å². The fourth-order valence-corrected chi connectivity index (χ4v) is 4.62. The average Bonchev–Trinajstić information content (AvgIpc) is 2.76. The van der Waals surface area contributed by atoms with Crippen LogP contribution in [0.2, 0.25) is 0 Å². The average molecular weight is 413 g/mol. The zero-order chi connectivity index (χ0) is 20.3. The van der Waals surface area contributed by atoms with Gasteiger partial charge in [0.15, 0.2) is 5.96 Å². The van der Waals surface area contributed by atoms with E-state index in [0.29, 0.717) is 24.1 Å². The first kappa shape index (κ1) is 21.5. The lowest BCUT2D eigenvalue weighted by atomic mass is 10.0. The minimum Gasteiger partial charge on any atom is -0.355 e. The van der Waals surface area contributed by atoms with Gasteiger partial charge in [0.1, 0.15) is 0 Å². The zero-order valence-electron chi connectivity index (χ0n) is 17.2. The van der Waals surface area contributed by atoms with Crippen LogP contribution in [0.4, 0.5) is 0 Å². The van der Waals surface area contributed by atoms with E-state index < -0.39 is 10.8 Å². The van der Waals surface area contributed by atoms with E-state index in [1.54, 1.807) is 7.05 Å². The van der Waals surface area contributed by atoms with Gasteiger partial charge in [-0.05, 0) is 24.0 Å². The maximum Gasteiger partial charge on any atom is 0.191 e. The lowest BCUT2D eigenvalue weighted by molar-refractivity contribution is 0.198. The molecule has 2 N–H and O–H groups in total. The first-order valence-corrected chi connectivity index (χ1v) is 11.8. The number of guanidine groups is 1. The van der Waals surface area contributed by atoms with Crippen LogP contribution in [0.3, 0.4) is 0 Å². The number of nitrogens with zero attached hydrogens (tertiary/aromatic N) is 2. The summed E-state index contributed by atoms with van der Waals surface area (Å²) >= 11 is 0. The summed E-state index contributed by atoms with van der Waals surface area (Å²) in [6.45, 7) is 3.86. The summed E-state index contributed by atoms with van der Waals surface area (Å²) < 4.78 is 12.3. The van der Waals surface area contributed by atoms with Crippen molar-refractivity contribution in [1.82, 2.24) is 15.5 Å². The molecule has 6 heteroatoms. The van der Waals surface area contributed by atoms with Crippen LogP contribution in [0.1, 0.15) is 24.0 Å². The van der Waals surface area contributed by atoms with Crippen molar-refractivity contribution in [2.24, 2.45) is 4.99 Å². The molecule has 2 aromatic rings. The Kier molecular flexibility index (Phi) is 8.71. The van der Waals surface area contributed by atoms with Crippen LogP contribution in [-0.4, -0.2) is 53.5 Å². The van der Waals surface area contributed by atoms with Crippen molar-refractivity contribution in [1.29, 1.82) is 0 Å². The molecule has 156 valence electrons. The van der Waals surface area contributed by atoms with Gasteiger partial charge >= 0.3 is 0 Å². The Bertz CT molecular complexity index is 774. The third-order valence-electron chi connectivity index (χ3n) is 5.19. The molecule has 29 heavy (non-hydrogen) atoms. The van der Waals surface area contributed by atoms with Crippen molar-refractivity contribution in [3.63, 3.8) is 0 Å². The Labute approximate surface area is 177 Å². The summed E-state index contributed by atoms with van der Waals surface area (Å²) in [6.07, 6.45) is 2.21. The second-order valence-electron chi connectivity index (χ2n) is 7.45. The zero-order valence-corrected chi connectivity index (χ0v) is 18.0. The highest BCUT2D eigenvalue weighted by Gasteiger charge is 2.20. The van der Waals surface area contributed by atoms with E-state index in [0.717, 1.165) is 44.0 Å². The van der Waals surface area contributed by atoms with Crippen molar-refractivity contribution < 1.29 is 4.21 Å². The lowest BCUT2D eigenvalue weighted by Crippen LogP contribution is -2.49. The molecule has 1 atom stereocenters. The molecule has 1 saturated heterocycles. The topological polar surface area (TPSA) is 56.7 Å². The third kappa shape index (κ3) is 7.63. The van der Waals surface area contributed by atoms with E-state index in [2.05, 4.69) is 50.9 Å². The van der Waals surface area contributed by atoms with E-state index >= 15 is 0 Å². The fourth-order valence-electron chi connectivity index (χ4n) is 3.58. The summed E-state index contributed by atoms with van der Waals surface area (Å²) in [5, 5.41) is 6.84. The highest BCUT2D eigenvalue weighted by atomic mass is 32.2. The van der Waals surface area contributed by atoms with E-state index in [1.165, 1.54) is 5.56 Å². The molecule has 0 saturated carbocycles. The number of hydrogen-bond donors (Lipinski definition) is 2. The summed E-state index contributed by atoms with van der Waals surface area (Å²) in [6, 6.07) is 21.1. The van der Waals surface area contributed by atoms with Gasteiger partial charge in [0, 0.05) is 61.6 Å². The molecule has 0 spiro atoms. The SMILES string of the molecule is CN=C(NCCS(=O)Cc1ccccc1)NC1CCN(Cc2ccccc2)CC1. The third-order valence-corrected chi connectivity index (χ3v) is 6.51. The number of rotatable bonds is 8. The number of nitrogens with one attached hydrogen (secondary N) is 2. The molecular weight excluding hydrogens is 380 g/mol. The molecule has 1 aliphatic heterocycles. The highest BCUT2D eigenvalue weighted by Crippen LogP contribution is 2.13. The van der Waals surface area contributed by atoms with Gasteiger partial charge in [-0.1, -0.05) is 60.7 Å². The van der Waals surface area contributed by atoms with Crippen LogP contribution in [0.25, 0.3) is 0 Å². The largest absolute Gasteiger partial charge is 0.355 e. The van der Waals surface area contributed by atoms with Crippen LogP contribution < -0.4 is 10.6 Å². The maximum atomic E-state index is 12.3. The van der Waals surface area contributed by atoms with Crippen molar-refractivity contribution in [3.05, 3.63) is 71.8 Å². The van der Waals surface area contributed by atoms with E-state index in [1.807, 2.05) is 30.3 Å². The molecule has 1 unspecified atom stereocenters. The Morgan fingerprint density at radius 2 is 1.66 bits per heavy atom. The Hall–Kier alpha value is -2.18. The van der Waals surface area contributed by atoms with Crippen LogP contribution in [0.5, 0.6) is 0 Å². The summed E-state index contributed by atoms with van der Waals surface area (Å²) in [7, 11) is 0.920. The second kappa shape index (κ2) is 11.7. The summed E-state index contributed by atoms with van der Waals surface area (Å²) in [5.74, 6) is 2.03. The number of hydrogen-bond acceptors (Lipinski definition) is 3. The molecule has 0 aliphatic carbocycles. The minimum atomic E-state index is -0.872. The van der Waals surface area contributed by atoms with Gasteiger partial charge in [-0.3, -0.25) is 14.1 Å². The monoisotopic (exact) mass is 412 g/mol. The molecule has 1 fully saturated rings. The van der Waals surface area contributed by atoms with Crippen LogP contribution in [-0.2, 0) is 23.1 Å². The fraction of sp³-hybridized carbons (Fsp3) is 0.435. The molecule has 3 rings (SSSR count).